The summed E-state index contributed by atoms with van der Waals surface area (Å²) in [5.41, 5.74) is 1.85. The lowest BCUT2D eigenvalue weighted by atomic mass is 9.95. The molecule has 0 radical (unpaired) electrons. The Hall–Kier alpha value is -3.02. The Labute approximate surface area is 278 Å². The van der Waals surface area contributed by atoms with Crippen LogP contribution in [0, 0.1) is 0 Å². The molecule has 1 amide bonds. The lowest BCUT2D eigenvalue weighted by Gasteiger charge is -2.48. The van der Waals surface area contributed by atoms with Gasteiger partial charge in [0.1, 0.15) is 37.1 Å². The van der Waals surface area contributed by atoms with E-state index in [4.69, 9.17) is 33.2 Å². The van der Waals surface area contributed by atoms with Gasteiger partial charge < -0.3 is 38.5 Å². The smallest absolute Gasteiger partial charge is 0.429 e. The molecule has 3 heterocycles. The topological polar surface area (TPSA) is 114 Å². The molecule has 2 aromatic carbocycles. The fourth-order valence-corrected chi connectivity index (χ4v) is 6.32. The SMILES string of the molecule is CCCCCCCCCCCCO[C@@H]1O[C@@H]2CO[C@@H]([C@@H]3O[C@@H]3c3ccccc3)O[C@H]2[C@H](OC(=O)OCc2ccccc2)[C@H]1NC(C)=O. The van der Waals surface area contributed by atoms with E-state index < -0.39 is 43.1 Å². The Kier molecular flexibility index (Phi) is 13.9. The number of amides is 1. The van der Waals surface area contributed by atoms with Gasteiger partial charge in [0.2, 0.25) is 5.91 Å². The number of unbranched alkanes of at least 4 members (excludes halogenated alkanes) is 9. The van der Waals surface area contributed by atoms with Crippen molar-refractivity contribution in [2.75, 3.05) is 13.2 Å². The van der Waals surface area contributed by atoms with Gasteiger partial charge >= 0.3 is 6.16 Å². The van der Waals surface area contributed by atoms with Gasteiger partial charge in [-0.25, -0.2) is 4.79 Å². The number of nitrogens with one attached hydrogen (secondary N) is 1. The average molecular weight is 654 g/mol. The van der Waals surface area contributed by atoms with E-state index in [1.807, 2.05) is 60.7 Å². The Bertz CT molecular complexity index is 1210. The van der Waals surface area contributed by atoms with Crippen molar-refractivity contribution < 1.29 is 42.7 Å². The van der Waals surface area contributed by atoms with E-state index in [1.54, 1.807) is 0 Å². The Balaban J connectivity index is 1.20. The highest BCUT2D eigenvalue weighted by Crippen LogP contribution is 2.44. The van der Waals surface area contributed by atoms with Crippen molar-refractivity contribution in [3.8, 4) is 0 Å². The molecule has 3 aliphatic heterocycles. The number of ether oxygens (including phenoxy) is 7. The number of benzene rings is 2. The number of hydrogen-bond acceptors (Lipinski definition) is 9. The zero-order valence-corrected chi connectivity index (χ0v) is 27.8. The van der Waals surface area contributed by atoms with Crippen LogP contribution in [0.25, 0.3) is 0 Å². The molecule has 2 aromatic rings. The minimum absolute atomic E-state index is 0.0434. The molecule has 0 aromatic heterocycles. The third-order valence-electron chi connectivity index (χ3n) is 8.87. The summed E-state index contributed by atoms with van der Waals surface area (Å²) in [5.74, 6) is -0.311. The van der Waals surface area contributed by atoms with Crippen molar-refractivity contribution >= 4 is 12.1 Å². The Morgan fingerprint density at radius 3 is 2.15 bits per heavy atom. The van der Waals surface area contributed by atoms with Crippen molar-refractivity contribution in [2.45, 2.75) is 134 Å². The first-order chi connectivity index (χ1) is 23.0. The van der Waals surface area contributed by atoms with E-state index in [-0.39, 0.29) is 31.3 Å². The van der Waals surface area contributed by atoms with Crippen LogP contribution in [-0.4, -0.2) is 68.3 Å². The van der Waals surface area contributed by atoms with Gasteiger partial charge in [-0.2, -0.15) is 0 Å². The molecule has 10 nitrogen and oxygen atoms in total. The third-order valence-corrected chi connectivity index (χ3v) is 8.87. The molecule has 3 fully saturated rings. The third kappa shape index (κ3) is 10.7. The number of fused-ring (bicyclic) bond motifs is 1. The molecule has 5 rings (SSSR count). The van der Waals surface area contributed by atoms with Crippen LogP contribution in [0.5, 0.6) is 0 Å². The van der Waals surface area contributed by atoms with Gasteiger partial charge in [-0.05, 0) is 17.5 Å². The van der Waals surface area contributed by atoms with E-state index >= 15 is 0 Å². The van der Waals surface area contributed by atoms with Crippen molar-refractivity contribution in [2.24, 2.45) is 0 Å². The molecular formula is C37H51NO9. The van der Waals surface area contributed by atoms with Gasteiger partial charge in [-0.1, -0.05) is 125 Å². The van der Waals surface area contributed by atoms with Gasteiger partial charge in [-0.3, -0.25) is 4.79 Å². The quantitative estimate of drug-likeness (QED) is 0.106. The molecule has 3 saturated heterocycles. The Morgan fingerprint density at radius 2 is 1.47 bits per heavy atom. The van der Waals surface area contributed by atoms with Gasteiger partial charge in [0.25, 0.3) is 0 Å². The number of carbonyl (C=O) groups excluding carboxylic acids is 2. The van der Waals surface area contributed by atoms with E-state index in [1.165, 1.54) is 51.9 Å². The van der Waals surface area contributed by atoms with Crippen LogP contribution in [0.2, 0.25) is 0 Å². The summed E-state index contributed by atoms with van der Waals surface area (Å²) in [7, 11) is 0. The van der Waals surface area contributed by atoms with Gasteiger partial charge in [-0.15, -0.1) is 0 Å². The molecular weight excluding hydrogens is 602 g/mol. The highest BCUT2D eigenvalue weighted by atomic mass is 16.8. The number of carbonyl (C=O) groups is 2. The lowest BCUT2D eigenvalue weighted by molar-refractivity contribution is -0.343. The molecule has 0 spiro atoms. The zero-order chi connectivity index (χ0) is 32.8. The molecule has 3 aliphatic rings. The van der Waals surface area contributed by atoms with Crippen molar-refractivity contribution in [3.05, 3.63) is 71.8 Å². The summed E-state index contributed by atoms with van der Waals surface area (Å²) in [4.78, 5) is 25.5. The molecule has 8 atom stereocenters. The second kappa shape index (κ2) is 18.5. The monoisotopic (exact) mass is 653 g/mol. The van der Waals surface area contributed by atoms with Gasteiger partial charge in [0.05, 0.1) is 6.61 Å². The normalized spacial score (nSPS) is 28.2. The van der Waals surface area contributed by atoms with Crippen LogP contribution in [0.15, 0.2) is 60.7 Å². The van der Waals surface area contributed by atoms with E-state index in [2.05, 4.69) is 12.2 Å². The summed E-state index contributed by atoms with van der Waals surface area (Å²) in [6.07, 6.45) is 6.82. The van der Waals surface area contributed by atoms with E-state index in [0.29, 0.717) is 6.61 Å². The largest absolute Gasteiger partial charge is 0.509 e. The molecule has 1 N–H and O–H groups in total. The maximum Gasteiger partial charge on any atom is 0.509 e. The second-order valence-corrected chi connectivity index (χ2v) is 12.7. The van der Waals surface area contributed by atoms with Crippen molar-refractivity contribution in [1.82, 2.24) is 5.32 Å². The first-order valence-electron chi connectivity index (χ1n) is 17.4. The number of epoxide rings is 1. The molecule has 0 bridgehead atoms. The summed E-state index contributed by atoms with van der Waals surface area (Å²) in [6, 6.07) is 18.4. The van der Waals surface area contributed by atoms with Crippen LogP contribution < -0.4 is 5.32 Å². The first kappa shape index (κ1) is 35.3. The molecule has 10 heteroatoms. The molecule has 0 saturated carbocycles. The summed E-state index contributed by atoms with van der Waals surface area (Å²) in [5, 5.41) is 2.90. The lowest BCUT2D eigenvalue weighted by Crippen LogP contribution is -2.68. The predicted octanol–water partition coefficient (Wildman–Crippen LogP) is 6.76. The maximum atomic E-state index is 13.1. The minimum Gasteiger partial charge on any atom is -0.429 e. The standard InChI is InChI=1S/C37H51NO9/c1-3-4-5-6-7-8-9-10-11-18-23-41-35-30(38-26(2)39)33(47-37(40)43-24-27-19-14-12-15-20-27)32-29(44-35)25-42-36(46-32)34-31(45-34)28-21-16-13-17-22-28/h12-17,19-22,29-36H,3-11,18,23-25H2,1-2H3,(H,38,39)/t29-,30-,31-,32-,33-,34-,35-,36-/m1/s1. The Morgan fingerprint density at radius 1 is 0.809 bits per heavy atom. The molecule has 258 valence electrons. The zero-order valence-electron chi connectivity index (χ0n) is 27.8. The highest BCUT2D eigenvalue weighted by molar-refractivity contribution is 5.73. The average Bonchev–Trinajstić information content (AvgIpc) is 3.89. The van der Waals surface area contributed by atoms with Crippen LogP contribution >= 0.6 is 0 Å². The molecule has 47 heavy (non-hydrogen) atoms. The maximum absolute atomic E-state index is 13.1. The van der Waals surface area contributed by atoms with Gasteiger partial charge in [0, 0.05) is 13.5 Å². The fourth-order valence-electron chi connectivity index (χ4n) is 6.32. The van der Waals surface area contributed by atoms with Crippen molar-refractivity contribution in [1.29, 1.82) is 0 Å². The van der Waals surface area contributed by atoms with Gasteiger partial charge in [0.15, 0.2) is 18.7 Å². The fraction of sp³-hybridized carbons (Fsp3) is 0.622. The first-order valence-corrected chi connectivity index (χ1v) is 17.4. The van der Waals surface area contributed by atoms with Crippen molar-refractivity contribution in [3.63, 3.8) is 0 Å². The van der Waals surface area contributed by atoms with E-state index in [9.17, 15) is 9.59 Å². The van der Waals surface area contributed by atoms with Crippen LogP contribution in [0.4, 0.5) is 4.79 Å². The van der Waals surface area contributed by atoms with Crippen LogP contribution in [-0.2, 0) is 44.6 Å². The van der Waals surface area contributed by atoms with Crippen LogP contribution in [0.3, 0.4) is 0 Å². The van der Waals surface area contributed by atoms with E-state index in [0.717, 1.165) is 30.4 Å². The minimum atomic E-state index is -0.959. The number of hydrogen-bond donors (Lipinski definition) is 1. The number of rotatable bonds is 18. The molecule has 0 aliphatic carbocycles. The predicted molar refractivity (Wildman–Crippen MR) is 174 cm³/mol. The highest BCUT2D eigenvalue weighted by Gasteiger charge is 2.57. The molecule has 0 unspecified atom stereocenters. The van der Waals surface area contributed by atoms with Crippen LogP contribution in [0.1, 0.15) is 95.3 Å². The summed E-state index contributed by atoms with van der Waals surface area (Å²) in [6.45, 7) is 4.32. The summed E-state index contributed by atoms with van der Waals surface area (Å²) >= 11 is 0. The summed E-state index contributed by atoms with van der Waals surface area (Å²) < 4.78 is 42.4. The second-order valence-electron chi connectivity index (χ2n) is 12.7.